The highest BCUT2D eigenvalue weighted by Crippen LogP contribution is 2.56. The van der Waals surface area contributed by atoms with Crippen molar-refractivity contribution in [2.75, 3.05) is 0 Å². The average Bonchev–Trinajstić information content (AvgIpc) is 2.93. The van der Waals surface area contributed by atoms with Crippen LogP contribution in [0.25, 0.3) is 82.0 Å². The molecule has 10 rings (SSSR count). The smallest absolute Gasteiger partial charge is 0.152 e. The number of aromatic nitrogens is 2. The molecule has 5 aromatic heterocycles. The largest absolute Gasteiger partial charge is 0.455 e. The van der Waals surface area contributed by atoms with Crippen molar-refractivity contribution in [3.8, 4) is 0 Å². The van der Waals surface area contributed by atoms with Gasteiger partial charge in [0.15, 0.2) is 22.3 Å². The summed E-state index contributed by atoms with van der Waals surface area (Å²) in [6.07, 6.45) is 0. The summed E-state index contributed by atoms with van der Waals surface area (Å²) < 4.78 is 24.3. The molecule has 0 atom stereocenters. The molecule has 0 amide bonds. The third-order valence-electron chi connectivity index (χ3n) is 7.62. The number of hydrogen-bond donors (Lipinski definition) is 0. The van der Waals surface area contributed by atoms with E-state index in [0.717, 1.165) is 55.6 Å². The van der Waals surface area contributed by atoms with Crippen molar-refractivity contribution >= 4 is 89.3 Å². The Balaban J connectivity index is 1.71. The summed E-state index contributed by atoms with van der Waals surface area (Å²) in [5.74, 6) is 0. The molecule has 5 heterocycles. The topological polar surface area (TPSA) is 48.2 Å². The lowest BCUT2D eigenvalue weighted by atomic mass is 10.2. The summed E-state index contributed by atoms with van der Waals surface area (Å²) in [5.41, 5.74) is 12.0. The van der Waals surface area contributed by atoms with Gasteiger partial charge < -0.3 is 22.1 Å². The highest BCUT2D eigenvalue weighted by Gasteiger charge is 2.25. The van der Waals surface area contributed by atoms with E-state index in [1.807, 2.05) is 36.4 Å². The lowest BCUT2D eigenvalue weighted by Crippen LogP contribution is -2.01. The Hall–Kier alpha value is -4.60. The SMILES string of the molecule is c1ccc2c(c1)oc1ccc3oc4ccc5oc6ccccc6n6c7cccc8c7p(c3c1n28)c4c56. The van der Waals surface area contributed by atoms with Crippen LogP contribution in [-0.2, 0) is 0 Å². The van der Waals surface area contributed by atoms with E-state index in [1.165, 1.54) is 26.4 Å². The number of fused-ring (bicyclic) bond motifs is 6. The lowest BCUT2D eigenvalue weighted by molar-refractivity contribution is 0.647. The first-order chi connectivity index (χ1) is 17.9. The predicted molar refractivity (Wildman–Crippen MR) is 146 cm³/mol. The van der Waals surface area contributed by atoms with Gasteiger partial charge >= 0.3 is 0 Å². The molecule has 0 aliphatic rings. The molecule has 0 spiro atoms. The fourth-order valence-corrected chi connectivity index (χ4v) is 9.28. The Bertz CT molecular complexity index is 2370. The molecule has 36 heavy (non-hydrogen) atoms. The quantitative estimate of drug-likeness (QED) is 0.160. The Morgan fingerprint density at radius 3 is 1.39 bits per heavy atom. The maximum Gasteiger partial charge on any atom is 0.152 e. The van der Waals surface area contributed by atoms with Gasteiger partial charge in [0.05, 0.1) is 32.3 Å². The maximum atomic E-state index is 6.62. The van der Waals surface area contributed by atoms with Crippen molar-refractivity contribution in [3.05, 3.63) is 91.0 Å². The first kappa shape index (κ1) is 17.8. The van der Waals surface area contributed by atoms with E-state index in [-0.39, 0.29) is 0 Å². The van der Waals surface area contributed by atoms with Gasteiger partial charge in [-0.15, -0.1) is 0 Å². The standard InChI is InChI=1S/C30H15N2O3P/c1-3-10-20-16(6-1)31-18-8-5-9-19-28(18)36-29-24(14-12-22(33-20)26(29)31)35-25-15-13-23-27(30(25)36)32(19)17-7-2-4-11-21(17)34-23/h1-15H. The summed E-state index contributed by atoms with van der Waals surface area (Å²) in [5, 5.41) is 3.79. The van der Waals surface area contributed by atoms with Crippen LogP contribution in [0.1, 0.15) is 0 Å². The van der Waals surface area contributed by atoms with Gasteiger partial charge in [0, 0.05) is 5.12 Å². The summed E-state index contributed by atoms with van der Waals surface area (Å²) in [7, 11) is -0.880. The zero-order valence-electron chi connectivity index (χ0n) is 18.7. The van der Waals surface area contributed by atoms with E-state index in [0.29, 0.717) is 0 Å². The van der Waals surface area contributed by atoms with Gasteiger partial charge in [0.25, 0.3) is 0 Å². The average molecular weight is 482 g/mol. The highest BCUT2D eigenvalue weighted by molar-refractivity contribution is 7.63. The second-order valence-corrected chi connectivity index (χ2v) is 11.4. The number of para-hydroxylation sites is 4. The molecule has 0 fully saturated rings. The number of benzene rings is 5. The van der Waals surface area contributed by atoms with Crippen molar-refractivity contribution in [1.29, 1.82) is 0 Å². The van der Waals surface area contributed by atoms with Crippen LogP contribution in [0.4, 0.5) is 0 Å². The van der Waals surface area contributed by atoms with Crippen LogP contribution in [0.5, 0.6) is 0 Å². The van der Waals surface area contributed by atoms with Gasteiger partial charge in [-0.05, 0) is 60.7 Å². The molecule has 6 heteroatoms. The zero-order chi connectivity index (χ0) is 23.1. The summed E-state index contributed by atoms with van der Waals surface area (Å²) >= 11 is 0. The number of rotatable bonds is 0. The minimum absolute atomic E-state index is 0.862. The molecule has 5 nitrogen and oxygen atoms in total. The van der Waals surface area contributed by atoms with Crippen molar-refractivity contribution in [3.63, 3.8) is 0 Å². The molecule has 0 aliphatic heterocycles. The second-order valence-electron chi connectivity index (χ2n) is 9.41. The van der Waals surface area contributed by atoms with Crippen LogP contribution in [0.2, 0.25) is 0 Å². The van der Waals surface area contributed by atoms with Crippen molar-refractivity contribution < 1.29 is 13.3 Å². The second kappa shape index (κ2) is 5.78. The predicted octanol–water partition coefficient (Wildman–Crippen LogP) is 9.33. The number of hydrogen-bond acceptors (Lipinski definition) is 3. The maximum absolute atomic E-state index is 6.62. The first-order valence-corrected chi connectivity index (χ1v) is 13.3. The van der Waals surface area contributed by atoms with Crippen LogP contribution >= 0.6 is 7.34 Å². The van der Waals surface area contributed by atoms with Gasteiger partial charge in [-0.25, -0.2) is 0 Å². The first-order valence-electron chi connectivity index (χ1n) is 12.0. The Morgan fingerprint density at radius 1 is 0.389 bits per heavy atom. The molecular formula is C30H15N2O3P. The van der Waals surface area contributed by atoms with E-state index in [2.05, 4.69) is 63.4 Å². The molecule has 0 bridgehead atoms. The van der Waals surface area contributed by atoms with Gasteiger partial charge in [-0.3, -0.25) is 0 Å². The Kier molecular flexibility index (Phi) is 2.86. The van der Waals surface area contributed by atoms with Gasteiger partial charge in [-0.1, -0.05) is 37.7 Å². The van der Waals surface area contributed by atoms with Crippen molar-refractivity contribution in [2.45, 2.75) is 0 Å². The summed E-state index contributed by atoms with van der Waals surface area (Å²) in [4.78, 5) is 0. The minimum atomic E-state index is -0.880. The molecule has 0 radical (unpaired) electrons. The molecule has 168 valence electrons. The van der Waals surface area contributed by atoms with Gasteiger partial charge in [0.1, 0.15) is 22.2 Å². The molecule has 0 aliphatic carbocycles. The highest BCUT2D eigenvalue weighted by atomic mass is 31.1. The van der Waals surface area contributed by atoms with E-state index >= 15 is 0 Å². The van der Waals surface area contributed by atoms with Crippen LogP contribution in [0, 0.1) is 0 Å². The molecule has 10 aromatic rings. The monoisotopic (exact) mass is 482 g/mol. The zero-order valence-corrected chi connectivity index (χ0v) is 19.6. The molecule has 0 unspecified atom stereocenters. The summed E-state index contributed by atoms with van der Waals surface area (Å²) in [6.45, 7) is 0. The number of nitrogens with zero attached hydrogens (tertiary/aromatic N) is 2. The normalized spacial score (nSPS) is 13.0. The van der Waals surface area contributed by atoms with Gasteiger partial charge in [0.2, 0.25) is 0 Å². The molecule has 0 saturated heterocycles. The van der Waals surface area contributed by atoms with Gasteiger partial charge in [-0.2, -0.15) is 0 Å². The van der Waals surface area contributed by atoms with Crippen molar-refractivity contribution in [2.24, 2.45) is 0 Å². The van der Waals surface area contributed by atoms with Crippen molar-refractivity contribution in [1.82, 2.24) is 8.80 Å². The van der Waals surface area contributed by atoms with Crippen LogP contribution in [0.3, 0.4) is 0 Å². The molecule has 0 saturated carbocycles. The molecular weight excluding hydrogens is 467 g/mol. The van der Waals surface area contributed by atoms with Crippen LogP contribution in [0.15, 0.2) is 104 Å². The third kappa shape index (κ3) is 1.84. The van der Waals surface area contributed by atoms with E-state index in [4.69, 9.17) is 13.3 Å². The van der Waals surface area contributed by atoms with Crippen LogP contribution in [-0.4, -0.2) is 8.80 Å². The molecule has 5 aromatic carbocycles. The van der Waals surface area contributed by atoms with E-state index in [9.17, 15) is 0 Å². The lowest BCUT2D eigenvalue weighted by Gasteiger charge is -2.23. The Morgan fingerprint density at radius 2 is 0.833 bits per heavy atom. The van der Waals surface area contributed by atoms with E-state index in [1.54, 1.807) is 0 Å². The third-order valence-corrected chi connectivity index (χ3v) is 10.3. The summed E-state index contributed by atoms with van der Waals surface area (Å²) in [6, 6.07) is 31.4. The minimum Gasteiger partial charge on any atom is -0.455 e. The fraction of sp³-hybridized carbons (Fsp3) is 0. The fourth-order valence-electron chi connectivity index (χ4n) is 6.28. The van der Waals surface area contributed by atoms with Crippen LogP contribution < -0.4 is 0 Å². The molecule has 0 N–H and O–H groups in total. The van der Waals surface area contributed by atoms with E-state index < -0.39 is 7.34 Å². The Labute approximate surface area is 202 Å².